The van der Waals surface area contributed by atoms with E-state index in [0.717, 1.165) is 61.3 Å². The molecule has 0 atom stereocenters. The van der Waals surface area contributed by atoms with Gasteiger partial charge in [0.2, 0.25) is 0 Å². The van der Waals surface area contributed by atoms with E-state index >= 15 is 0 Å². The molecule has 0 saturated carbocycles. The molecule has 0 fully saturated rings. The number of fused-ring (bicyclic) bond motifs is 1. The first-order chi connectivity index (χ1) is 35.3. The average Bonchev–Trinajstić information content (AvgIpc) is 3.76. The maximum atomic E-state index is 12.4. The molecule has 0 spiro atoms. The molecule has 0 aliphatic carbocycles. The van der Waals surface area contributed by atoms with Gasteiger partial charge in [0, 0.05) is 35.2 Å². The SMILES string of the molecule is [2H]C([2H])([2H])C(c1ccc(-n2c(-c3cc(C(C)C)cc(C(C)C)c3O)nc3c(-c4cc(-c5cc(-c6ccc(-c7ccccc7)cc6)ccn5)cc(C(C)(C)C)c4)cccc32)c(-c2ccccc2)c1)(C([2H])([2H])[2H])C([2H])([2H])[2H]. The van der Waals surface area contributed by atoms with Crippen molar-refractivity contribution in [2.45, 2.75) is 91.7 Å². The monoisotopic (exact) mass is 873 g/mol. The summed E-state index contributed by atoms with van der Waals surface area (Å²) in [5.74, 6) is 0.427. The summed E-state index contributed by atoms with van der Waals surface area (Å²) in [5, 5.41) is 12.4. The Bertz CT molecular complexity index is 3510. The Morgan fingerprint density at radius 3 is 1.82 bits per heavy atom. The van der Waals surface area contributed by atoms with Crippen molar-refractivity contribution in [2.24, 2.45) is 0 Å². The minimum Gasteiger partial charge on any atom is -0.507 e. The highest BCUT2D eigenvalue weighted by atomic mass is 16.3. The molecule has 9 aromatic rings. The average molecular weight is 873 g/mol. The van der Waals surface area contributed by atoms with Crippen LogP contribution in [0.25, 0.3) is 83.9 Å². The second-order valence-corrected chi connectivity index (χ2v) is 19.0. The Kier molecular flexibility index (Phi) is 9.05. The van der Waals surface area contributed by atoms with Crippen LogP contribution in [0.2, 0.25) is 0 Å². The molecule has 0 unspecified atom stereocenters. The van der Waals surface area contributed by atoms with E-state index in [-0.39, 0.29) is 28.6 Å². The van der Waals surface area contributed by atoms with Crippen LogP contribution < -0.4 is 0 Å². The molecule has 0 amide bonds. The van der Waals surface area contributed by atoms with Gasteiger partial charge in [-0.25, -0.2) is 4.98 Å². The zero-order valence-electron chi connectivity index (χ0n) is 47.6. The number of phenols is 1. The van der Waals surface area contributed by atoms with E-state index in [1.54, 1.807) is 18.2 Å². The zero-order valence-corrected chi connectivity index (χ0v) is 38.6. The summed E-state index contributed by atoms with van der Waals surface area (Å²) < 4.78 is 79.5. The van der Waals surface area contributed by atoms with E-state index in [9.17, 15) is 5.11 Å². The lowest BCUT2D eigenvalue weighted by atomic mass is 9.83. The Labute approximate surface area is 404 Å². The van der Waals surface area contributed by atoms with Crippen LogP contribution in [0.1, 0.15) is 115 Å². The first kappa shape index (κ1) is 34.3. The summed E-state index contributed by atoms with van der Waals surface area (Å²) in [6, 6.07) is 52.7. The van der Waals surface area contributed by atoms with E-state index < -0.39 is 26.0 Å². The number of rotatable bonds is 9. The molecule has 2 heterocycles. The van der Waals surface area contributed by atoms with Crippen molar-refractivity contribution in [3.63, 3.8) is 0 Å². The Morgan fingerprint density at radius 1 is 0.515 bits per heavy atom. The lowest BCUT2D eigenvalue weighted by molar-refractivity contribution is 0.466. The lowest BCUT2D eigenvalue weighted by Gasteiger charge is -2.23. The Morgan fingerprint density at radius 2 is 1.17 bits per heavy atom. The van der Waals surface area contributed by atoms with Gasteiger partial charge in [0.15, 0.2) is 0 Å². The topological polar surface area (TPSA) is 50.9 Å². The van der Waals surface area contributed by atoms with Gasteiger partial charge in [-0.1, -0.05) is 184 Å². The number of nitrogens with zero attached hydrogens (tertiary/aromatic N) is 3. The fraction of sp³-hybridized carbons (Fsp3) is 0.226. The third-order valence-electron chi connectivity index (χ3n) is 12.6. The minimum absolute atomic E-state index is 0.0503. The molecule has 330 valence electrons. The molecule has 0 radical (unpaired) electrons. The van der Waals surface area contributed by atoms with Crippen molar-refractivity contribution >= 4 is 11.0 Å². The number of aromatic hydroxyl groups is 1. The number of imidazole rings is 1. The number of aromatic nitrogens is 3. The first-order valence-electron chi connectivity index (χ1n) is 27.2. The van der Waals surface area contributed by atoms with E-state index in [0.29, 0.717) is 39.2 Å². The molecule has 1 N–H and O–H groups in total. The van der Waals surface area contributed by atoms with Gasteiger partial charge in [0.25, 0.3) is 0 Å². The fourth-order valence-electron chi connectivity index (χ4n) is 8.81. The Balaban J connectivity index is 1.33. The summed E-state index contributed by atoms with van der Waals surface area (Å²) in [4.78, 5) is 10.4. The summed E-state index contributed by atoms with van der Waals surface area (Å²) >= 11 is 0. The molecular formula is C62H61N3O. The van der Waals surface area contributed by atoms with Crippen molar-refractivity contribution in [1.82, 2.24) is 14.5 Å². The number of benzene rings is 7. The second-order valence-electron chi connectivity index (χ2n) is 19.0. The van der Waals surface area contributed by atoms with Gasteiger partial charge < -0.3 is 5.11 Å². The largest absolute Gasteiger partial charge is 0.507 e. The van der Waals surface area contributed by atoms with Gasteiger partial charge in [-0.3, -0.25) is 9.55 Å². The van der Waals surface area contributed by atoms with Crippen molar-refractivity contribution in [3.05, 3.63) is 192 Å². The van der Waals surface area contributed by atoms with Gasteiger partial charge in [0.1, 0.15) is 11.6 Å². The van der Waals surface area contributed by atoms with Crippen LogP contribution in [0.4, 0.5) is 0 Å². The maximum Gasteiger partial charge on any atom is 0.149 e. The second kappa shape index (κ2) is 17.4. The molecule has 0 aliphatic heterocycles. The van der Waals surface area contributed by atoms with Gasteiger partial charge in [-0.15, -0.1) is 0 Å². The smallest absolute Gasteiger partial charge is 0.149 e. The highest BCUT2D eigenvalue weighted by molar-refractivity contribution is 5.98. The summed E-state index contributed by atoms with van der Waals surface area (Å²) in [6.07, 6.45) is 1.84. The maximum absolute atomic E-state index is 12.4. The van der Waals surface area contributed by atoms with Gasteiger partial charge in [0.05, 0.1) is 28.0 Å². The number of hydrogen-bond acceptors (Lipinski definition) is 3. The minimum atomic E-state index is -3.48. The zero-order chi connectivity index (χ0) is 54.0. The van der Waals surface area contributed by atoms with Crippen LogP contribution in [0, 0.1) is 0 Å². The highest BCUT2D eigenvalue weighted by Crippen LogP contribution is 2.45. The first-order valence-corrected chi connectivity index (χ1v) is 22.7. The van der Waals surface area contributed by atoms with Crippen LogP contribution in [0.5, 0.6) is 5.75 Å². The lowest BCUT2D eigenvalue weighted by Crippen LogP contribution is -2.12. The molecule has 7 aromatic carbocycles. The van der Waals surface area contributed by atoms with Crippen LogP contribution in [0.3, 0.4) is 0 Å². The number of hydrogen-bond donors (Lipinski definition) is 1. The molecule has 0 aliphatic rings. The standard InChI is InChI=1S/C62H61N3O/c1-39(2)46-35-52(40(3)4)59(66)54(36-46)60-64-58-51(22-17-23-57(58)65(60)56-29-28-49(61(5,6)7)38-53(56)44-20-15-12-16-21-44)47-32-48(34-50(33-47)62(8,9)10)55-37-45(30-31-63-55)43-26-24-42(25-27-43)41-18-13-11-14-19-41/h11-40,66H,1-10H3/i5D3,6D3,7D3. The quantitative estimate of drug-likeness (QED) is 0.157. The third kappa shape index (κ3) is 8.61. The van der Waals surface area contributed by atoms with E-state index in [4.69, 9.17) is 22.3 Å². The van der Waals surface area contributed by atoms with Crippen molar-refractivity contribution in [1.29, 1.82) is 0 Å². The number of phenolic OH excluding ortho intramolecular Hbond substituents is 1. The van der Waals surface area contributed by atoms with Crippen molar-refractivity contribution in [2.75, 3.05) is 0 Å². The fourth-order valence-corrected chi connectivity index (χ4v) is 8.81. The van der Waals surface area contributed by atoms with Gasteiger partial charge in [-0.05, 0) is 127 Å². The predicted molar refractivity (Wildman–Crippen MR) is 279 cm³/mol. The van der Waals surface area contributed by atoms with Crippen LogP contribution >= 0.6 is 0 Å². The summed E-state index contributed by atoms with van der Waals surface area (Å²) in [7, 11) is 0. The third-order valence-corrected chi connectivity index (χ3v) is 12.6. The van der Waals surface area contributed by atoms with E-state index in [1.165, 1.54) is 12.1 Å². The summed E-state index contributed by atoms with van der Waals surface area (Å²) in [6.45, 7) is 4.29. The van der Waals surface area contributed by atoms with Crippen molar-refractivity contribution < 1.29 is 17.4 Å². The van der Waals surface area contributed by atoms with Crippen LogP contribution in [-0.4, -0.2) is 19.6 Å². The molecule has 0 saturated heterocycles. The molecular weight excluding hydrogens is 803 g/mol. The Hall–Kier alpha value is -7.04. The van der Waals surface area contributed by atoms with Crippen molar-refractivity contribution in [3.8, 4) is 78.6 Å². The number of para-hydroxylation sites is 1. The molecule has 4 heteroatoms. The molecule has 0 bridgehead atoms. The van der Waals surface area contributed by atoms with Crippen LogP contribution in [-0.2, 0) is 10.8 Å². The van der Waals surface area contributed by atoms with Gasteiger partial charge in [-0.2, -0.15) is 0 Å². The predicted octanol–water partition coefficient (Wildman–Crippen LogP) is 17.0. The van der Waals surface area contributed by atoms with Gasteiger partial charge >= 0.3 is 0 Å². The van der Waals surface area contributed by atoms with Crippen LogP contribution in [0.15, 0.2) is 170 Å². The molecule has 66 heavy (non-hydrogen) atoms. The summed E-state index contributed by atoms with van der Waals surface area (Å²) in [5.41, 5.74) is 9.64. The normalized spacial score (nSPS) is 14.7. The molecule has 9 rings (SSSR count). The number of pyridine rings is 1. The molecule has 2 aromatic heterocycles. The molecule has 4 nitrogen and oxygen atoms in total. The van der Waals surface area contributed by atoms with E-state index in [1.807, 2.05) is 97.4 Å². The van der Waals surface area contributed by atoms with E-state index in [2.05, 4.69) is 95.3 Å². The highest BCUT2D eigenvalue weighted by Gasteiger charge is 2.27.